The van der Waals surface area contributed by atoms with E-state index in [9.17, 15) is 17.6 Å². The maximum absolute atomic E-state index is 13.1. The molecule has 8 heteroatoms. The minimum absolute atomic E-state index is 0.0891. The fourth-order valence-electron chi connectivity index (χ4n) is 4.60. The summed E-state index contributed by atoms with van der Waals surface area (Å²) in [6.45, 7) is 7.82. The van der Waals surface area contributed by atoms with Gasteiger partial charge in [0.05, 0.1) is 4.90 Å². The van der Waals surface area contributed by atoms with Gasteiger partial charge in [0, 0.05) is 50.9 Å². The lowest BCUT2D eigenvalue weighted by Crippen LogP contribution is -2.52. The molecule has 2 aliphatic rings. The zero-order chi connectivity index (χ0) is 22.9. The van der Waals surface area contributed by atoms with E-state index in [0.29, 0.717) is 39.0 Å². The maximum Gasteiger partial charge on any atom is 0.243 e. The molecule has 2 aromatic carbocycles. The van der Waals surface area contributed by atoms with Crippen molar-refractivity contribution in [1.29, 1.82) is 0 Å². The van der Waals surface area contributed by atoms with Gasteiger partial charge in [-0.15, -0.1) is 0 Å². The summed E-state index contributed by atoms with van der Waals surface area (Å²) in [5.74, 6) is -0.489. The molecule has 0 spiro atoms. The summed E-state index contributed by atoms with van der Waals surface area (Å²) in [4.78, 5) is 17.4. The SMILES string of the molecule is Cc1cccc(N2CCN(C(=O)C3CCN(S(=O)(=O)c4ccc(F)cc4)CC3)CC2)c1C. The van der Waals surface area contributed by atoms with E-state index < -0.39 is 15.8 Å². The number of piperazine rings is 1. The molecular weight excluding hydrogens is 429 g/mol. The third-order valence-corrected chi connectivity index (χ3v) is 8.68. The Hall–Kier alpha value is -2.45. The van der Waals surface area contributed by atoms with Crippen LogP contribution >= 0.6 is 0 Å². The Kier molecular flexibility index (Phi) is 6.53. The van der Waals surface area contributed by atoms with E-state index in [2.05, 4.69) is 36.9 Å². The number of rotatable bonds is 4. The number of carbonyl (C=O) groups excluding carboxylic acids is 1. The Morgan fingerprint density at radius 2 is 1.53 bits per heavy atom. The zero-order valence-electron chi connectivity index (χ0n) is 18.6. The first-order valence-corrected chi connectivity index (χ1v) is 12.6. The lowest BCUT2D eigenvalue weighted by atomic mass is 9.96. The second kappa shape index (κ2) is 9.19. The lowest BCUT2D eigenvalue weighted by molar-refractivity contribution is -0.137. The molecule has 0 bridgehead atoms. The Balaban J connectivity index is 1.32. The fraction of sp³-hybridized carbons (Fsp3) is 0.458. The van der Waals surface area contributed by atoms with Gasteiger partial charge in [0.25, 0.3) is 0 Å². The van der Waals surface area contributed by atoms with Gasteiger partial charge in [-0.1, -0.05) is 12.1 Å². The molecule has 4 rings (SSSR count). The topological polar surface area (TPSA) is 60.9 Å². The van der Waals surface area contributed by atoms with Crippen molar-refractivity contribution >= 4 is 21.6 Å². The standard InChI is InChI=1S/C24H30FN3O3S/c1-18-4-3-5-23(19(18)2)26-14-16-27(17-15-26)24(29)20-10-12-28(13-11-20)32(30,31)22-8-6-21(25)7-9-22/h3-9,20H,10-17H2,1-2H3. The Morgan fingerprint density at radius 1 is 0.906 bits per heavy atom. The molecule has 0 unspecified atom stereocenters. The number of aryl methyl sites for hydroxylation is 1. The molecular formula is C24H30FN3O3S. The minimum atomic E-state index is -3.66. The van der Waals surface area contributed by atoms with Crippen LogP contribution in [0.4, 0.5) is 10.1 Å². The molecule has 0 saturated carbocycles. The molecule has 32 heavy (non-hydrogen) atoms. The normalized spacial score (nSPS) is 18.7. The molecule has 0 N–H and O–H groups in total. The molecule has 0 aromatic heterocycles. The average Bonchev–Trinajstić information content (AvgIpc) is 2.81. The van der Waals surface area contributed by atoms with E-state index in [1.807, 2.05) is 4.90 Å². The highest BCUT2D eigenvalue weighted by molar-refractivity contribution is 7.89. The number of halogens is 1. The molecule has 2 aromatic rings. The summed E-state index contributed by atoms with van der Waals surface area (Å²) in [6.07, 6.45) is 1.02. The van der Waals surface area contributed by atoms with Gasteiger partial charge >= 0.3 is 0 Å². The first kappa shape index (κ1) is 22.7. The number of sulfonamides is 1. The number of amides is 1. The number of nitrogens with zero attached hydrogens (tertiary/aromatic N) is 3. The molecule has 1 amide bonds. The summed E-state index contributed by atoms with van der Waals surface area (Å²) in [6, 6.07) is 11.2. The highest BCUT2D eigenvalue weighted by Gasteiger charge is 2.34. The lowest BCUT2D eigenvalue weighted by Gasteiger charge is -2.39. The average molecular weight is 460 g/mol. The molecule has 2 heterocycles. The van der Waals surface area contributed by atoms with E-state index in [1.54, 1.807) is 0 Å². The van der Waals surface area contributed by atoms with Crippen molar-refractivity contribution in [3.63, 3.8) is 0 Å². The third-order valence-electron chi connectivity index (χ3n) is 6.76. The van der Waals surface area contributed by atoms with E-state index in [-0.39, 0.29) is 16.7 Å². The molecule has 2 fully saturated rings. The van der Waals surface area contributed by atoms with Crippen LogP contribution in [-0.4, -0.2) is 62.8 Å². The van der Waals surface area contributed by atoms with Crippen molar-refractivity contribution in [2.75, 3.05) is 44.2 Å². The van der Waals surface area contributed by atoms with Crippen molar-refractivity contribution in [3.05, 3.63) is 59.4 Å². The van der Waals surface area contributed by atoms with E-state index in [1.165, 1.54) is 33.3 Å². The summed E-state index contributed by atoms with van der Waals surface area (Å²) in [5, 5.41) is 0. The number of hydrogen-bond donors (Lipinski definition) is 0. The quantitative estimate of drug-likeness (QED) is 0.705. The Morgan fingerprint density at radius 3 is 2.16 bits per heavy atom. The van der Waals surface area contributed by atoms with Gasteiger partial charge in [-0.2, -0.15) is 4.31 Å². The van der Waals surface area contributed by atoms with Gasteiger partial charge < -0.3 is 9.80 Å². The Labute approximate surface area is 189 Å². The second-order valence-corrected chi connectivity index (χ2v) is 10.6. The zero-order valence-corrected chi connectivity index (χ0v) is 19.4. The number of hydrogen-bond acceptors (Lipinski definition) is 4. The summed E-state index contributed by atoms with van der Waals surface area (Å²) < 4.78 is 40.1. The second-order valence-electron chi connectivity index (χ2n) is 8.66. The van der Waals surface area contributed by atoms with Crippen molar-refractivity contribution in [2.24, 2.45) is 5.92 Å². The smallest absolute Gasteiger partial charge is 0.243 e. The molecule has 2 saturated heterocycles. The van der Waals surface area contributed by atoms with Crippen LogP contribution in [0.25, 0.3) is 0 Å². The van der Waals surface area contributed by atoms with E-state index in [0.717, 1.165) is 25.2 Å². The van der Waals surface area contributed by atoms with E-state index >= 15 is 0 Å². The third kappa shape index (κ3) is 4.52. The molecule has 0 aliphatic carbocycles. The van der Waals surface area contributed by atoms with Gasteiger partial charge in [-0.05, 0) is 68.1 Å². The molecule has 2 aliphatic heterocycles. The number of benzene rings is 2. The highest BCUT2D eigenvalue weighted by Crippen LogP contribution is 2.27. The highest BCUT2D eigenvalue weighted by atomic mass is 32.2. The molecule has 6 nitrogen and oxygen atoms in total. The molecule has 0 radical (unpaired) electrons. The monoisotopic (exact) mass is 459 g/mol. The first-order valence-electron chi connectivity index (χ1n) is 11.1. The number of anilines is 1. The van der Waals surface area contributed by atoms with E-state index in [4.69, 9.17) is 0 Å². The van der Waals surface area contributed by atoms with Crippen LogP contribution in [0.3, 0.4) is 0 Å². The van der Waals surface area contributed by atoms with Crippen molar-refractivity contribution < 1.29 is 17.6 Å². The van der Waals surface area contributed by atoms with Gasteiger partial charge in [0.1, 0.15) is 5.82 Å². The summed E-state index contributed by atoms with van der Waals surface area (Å²) >= 11 is 0. The largest absolute Gasteiger partial charge is 0.368 e. The van der Waals surface area contributed by atoms with Gasteiger partial charge in [0.2, 0.25) is 15.9 Å². The van der Waals surface area contributed by atoms with Crippen LogP contribution in [0.1, 0.15) is 24.0 Å². The summed E-state index contributed by atoms with van der Waals surface area (Å²) in [7, 11) is -3.66. The van der Waals surface area contributed by atoms with Crippen LogP contribution < -0.4 is 4.90 Å². The Bertz CT molecular complexity index is 1070. The molecule has 172 valence electrons. The van der Waals surface area contributed by atoms with Crippen molar-refractivity contribution in [3.8, 4) is 0 Å². The van der Waals surface area contributed by atoms with Crippen molar-refractivity contribution in [1.82, 2.24) is 9.21 Å². The molecule has 0 atom stereocenters. The minimum Gasteiger partial charge on any atom is -0.368 e. The number of piperidine rings is 1. The van der Waals surface area contributed by atoms with Crippen LogP contribution in [0, 0.1) is 25.6 Å². The van der Waals surface area contributed by atoms with Gasteiger partial charge in [0.15, 0.2) is 0 Å². The fourth-order valence-corrected chi connectivity index (χ4v) is 6.07. The first-order chi connectivity index (χ1) is 15.3. The van der Waals surface area contributed by atoms with Crippen LogP contribution in [-0.2, 0) is 14.8 Å². The predicted molar refractivity (Wildman–Crippen MR) is 123 cm³/mol. The maximum atomic E-state index is 13.1. The van der Waals surface area contributed by atoms with Gasteiger partial charge in [-0.3, -0.25) is 4.79 Å². The van der Waals surface area contributed by atoms with Crippen LogP contribution in [0.2, 0.25) is 0 Å². The predicted octanol–water partition coefficient (Wildman–Crippen LogP) is 3.19. The van der Waals surface area contributed by atoms with Crippen LogP contribution in [0.15, 0.2) is 47.4 Å². The van der Waals surface area contributed by atoms with Crippen molar-refractivity contribution in [2.45, 2.75) is 31.6 Å². The number of carbonyl (C=O) groups is 1. The summed E-state index contributed by atoms with van der Waals surface area (Å²) in [5.41, 5.74) is 3.78. The van der Waals surface area contributed by atoms with Gasteiger partial charge in [-0.25, -0.2) is 12.8 Å². The van der Waals surface area contributed by atoms with Crippen LogP contribution in [0.5, 0.6) is 0 Å².